The van der Waals surface area contributed by atoms with Crippen LogP contribution in [0.1, 0.15) is 17.3 Å². The van der Waals surface area contributed by atoms with Crippen LogP contribution in [0.4, 0.5) is 10.1 Å². The second kappa shape index (κ2) is 8.90. The summed E-state index contributed by atoms with van der Waals surface area (Å²) in [5, 5.41) is 0.924. The van der Waals surface area contributed by atoms with Crippen molar-refractivity contribution >= 4 is 16.6 Å². The quantitative estimate of drug-likeness (QED) is 0.466. The largest absolute Gasteiger partial charge is 0.367 e. The zero-order valence-electron chi connectivity index (χ0n) is 19.4. The van der Waals surface area contributed by atoms with Crippen LogP contribution in [0.15, 0.2) is 48.7 Å². The maximum atomic E-state index is 15.0. The highest BCUT2D eigenvalue weighted by Crippen LogP contribution is 2.28. The van der Waals surface area contributed by atoms with Crippen LogP contribution in [0.2, 0.25) is 0 Å². The number of rotatable bonds is 5. The highest BCUT2D eigenvalue weighted by molar-refractivity contribution is 5.85. The van der Waals surface area contributed by atoms with E-state index in [2.05, 4.69) is 44.7 Å². The van der Waals surface area contributed by atoms with E-state index in [1.807, 2.05) is 38.2 Å². The lowest BCUT2D eigenvalue weighted by Gasteiger charge is -2.34. The number of anilines is 1. The number of aromatic nitrogens is 4. The summed E-state index contributed by atoms with van der Waals surface area (Å²) in [6.45, 7) is 5.35. The van der Waals surface area contributed by atoms with Gasteiger partial charge in [0.2, 0.25) is 0 Å². The number of fused-ring (bicyclic) bond motifs is 1. The molecular formula is C26H29FN6. The predicted octanol–water partition coefficient (Wildman–Crippen LogP) is 4.01. The fraction of sp³-hybridized carbons (Fsp3) is 0.346. The molecular weight excluding hydrogens is 415 g/mol. The Balaban J connectivity index is 1.44. The number of benzene rings is 2. The van der Waals surface area contributed by atoms with E-state index in [0.29, 0.717) is 23.4 Å². The average molecular weight is 445 g/mol. The third-order valence-corrected chi connectivity index (χ3v) is 6.43. The summed E-state index contributed by atoms with van der Waals surface area (Å²) in [6.07, 6.45) is 3.53. The summed E-state index contributed by atoms with van der Waals surface area (Å²) < 4.78 is 17.1. The lowest BCUT2D eigenvalue weighted by atomic mass is 10.1. The van der Waals surface area contributed by atoms with E-state index in [1.54, 1.807) is 6.07 Å². The maximum absolute atomic E-state index is 15.0. The molecule has 3 heterocycles. The monoisotopic (exact) mass is 444 g/mol. The minimum Gasteiger partial charge on any atom is -0.367 e. The first-order valence-electron chi connectivity index (χ1n) is 11.5. The Morgan fingerprint density at radius 2 is 1.67 bits per heavy atom. The Morgan fingerprint density at radius 1 is 0.909 bits per heavy atom. The zero-order chi connectivity index (χ0) is 22.9. The average Bonchev–Trinajstić information content (AvgIpc) is 3.19. The highest BCUT2D eigenvalue weighted by atomic mass is 19.1. The summed E-state index contributed by atoms with van der Waals surface area (Å²) in [4.78, 5) is 18.5. The van der Waals surface area contributed by atoms with Gasteiger partial charge < -0.3 is 14.4 Å². The van der Waals surface area contributed by atoms with E-state index in [0.717, 1.165) is 60.8 Å². The molecule has 6 nitrogen and oxygen atoms in total. The van der Waals surface area contributed by atoms with Crippen LogP contribution < -0.4 is 4.90 Å². The number of likely N-dealkylation sites (N-methyl/N-ethyl adjacent to an activating group) is 1. The number of imidazole rings is 1. The number of nitrogens with zero attached hydrogens (tertiary/aromatic N) is 6. The highest BCUT2D eigenvalue weighted by Gasteiger charge is 2.20. The molecule has 0 N–H and O–H groups in total. The van der Waals surface area contributed by atoms with Crippen molar-refractivity contribution in [2.45, 2.75) is 19.8 Å². The van der Waals surface area contributed by atoms with Crippen molar-refractivity contribution in [1.82, 2.24) is 24.4 Å². The molecule has 0 radical (unpaired) electrons. The molecule has 2 aromatic heterocycles. The molecule has 4 aromatic rings. The van der Waals surface area contributed by atoms with Gasteiger partial charge in [-0.1, -0.05) is 30.3 Å². The summed E-state index contributed by atoms with van der Waals surface area (Å²) in [7, 11) is 4.13. The molecule has 2 aromatic carbocycles. The molecule has 33 heavy (non-hydrogen) atoms. The Kier molecular flexibility index (Phi) is 5.81. The topological polar surface area (TPSA) is 50.1 Å². The van der Waals surface area contributed by atoms with Gasteiger partial charge in [0.15, 0.2) is 0 Å². The van der Waals surface area contributed by atoms with Gasteiger partial charge in [-0.15, -0.1) is 0 Å². The van der Waals surface area contributed by atoms with Crippen LogP contribution in [0, 0.1) is 12.7 Å². The van der Waals surface area contributed by atoms with Gasteiger partial charge in [-0.3, -0.25) is 0 Å². The Morgan fingerprint density at radius 3 is 2.42 bits per heavy atom. The van der Waals surface area contributed by atoms with Gasteiger partial charge in [0.05, 0.1) is 22.6 Å². The summed E-state index contributed by atoms with van der Waals surface area (Å²) in [5.41, 5.74) is 4.33. The first-order chi connectivity index (χ1) is 16.0. The van der Waals surface area contributed by atoms with Gasteiger partial charge >= 0.3 is 0 Å². The molecule has 0 bridgehead atoms. The molecule has 0 atom stereocenters. The van der Waals surface area contributed by atoms with E-state index in [-0.39, 0.29) is 5.82 Å². The van der Waals surface area contributed by atoms with Crippen molar-refractivity contribution in [2.24, 2.45) is 7.05 Å². The smallest absolute Gasteiger partial charge is 0.148 e. The first-order valence-corrected chi connectivity index (χ1v) is 11.5. The third kappa shape index (κ3) is 4.46. The third-order valence-electron chi connectivity index (χ3n) is 6.43. The van der Waals surface area contributed by atoms with Crippen molar-refractivity contribution in [1.29, 1.82) is 0 Å². The zero-order valence-corrected chi connectivity index (χ0v) is 19.4. The van der Waals surface area contributed by atoms with E-state index in [1.165, 1.54) is 0 Å². The molecule has 170 valence electrons. The first kappa shape index (κ1) is 21.5. The van der Waals surface area contributed by atoms with Crippen LogP contribution >= 0.6 is 0 Å². The van der Waals surface area contributed by atoms with Crippen molar-refractivity contribution in [3.63, 3.8) is 0 Å². The van der Waals surface area contributed by atoms with E-state index < -0.39 is 0 Å². The van der Waals surface area contributed by atoms with Gasteiger partial charge in [0.1, 0.15) is 17.5 Å². The minimum atomic E-state index is -0.215. The number of hydrogen-bond donors (Lipinski definition) is 0. The molecule has 0 unspecified atom stereocenters. The molecule has 0 saturated carbocycles. The second-order valence-corrected chi connectivity index (χ2v) is 8.85. The summed E-state index contributed by atoms with van der Waals surface area (Å²) in [6, 6.07) is 13.7. The summed E-state index contributed by atoms with van der Waals surface area (Å²) >= 11 is 0. The number of hydrogen-bond acceptors (Lipinski definition) is 5. The normalized spacial score (nSPS) is 14.8. The minimum absolute atomic E-state index is 0.215. The molecule has 0 spiro atoms. The summed E-state index contributed by atoms with van der Waals surface area (Å²) in [5.74, 6) is 1.45. The van der Waals surface area contributed by atoms with Crippen LogP contribution in [0.25, 0.3) is 22.2 Å². The van der Waals surface area contributed by atoms with Crippen molar-refractivity contribution < 1.29 is 4.39 Å². The lowest BCUT2D eigenvalue weighted by Crippen LogP contribution is -2.44. The van der Waals surface area contributed by atoms with Crippen LogP contribution in [0.3, 0.4) is 0 Å². The van der Waals surface area contributed by atoms with Gasteiger partial charge in [0, 0.05) is 62.9 Å². The van der Waals surface area contributed by atoms with Crippen LogP contribution in [-0.4, -0.2) is 57.6 Å². The molecule has 7 heteroatoms. The second-order valence-electron chi connectivity index (χ2n) is 8.85. The molecule has 1 aliphatic rings. The fourth-order valence-electron chi connectivity index (χ4n) is 4.53. The Bertz CT molecular complexity index is 1280. The number of aryl methyl sites for hydroxylation is 4. The molecule has 0 amide bonds. The van der Waals surface area contributed by atoms with Gasteiger partial charge in [-0.05, 0) is 26.5 Å². The van der Waals surface area contributed by atoms with Crippen molar-refractivity contribution in [2.75, 3.05) is 38.1 Å². The van der Waals surface area contributed by atoms with Crippen molar-refractivity contribution in [3.05, 3.63) is 71.8 Å². The molecule has 5 rings (SSSR count). The molecule has 1 aliphatic heterocycles. The SMILES string of the molecule is Cc1nc(CCc2nc(-c3ccccc3)cn2C)c2cc(N3CCN(C)CC3)c(F)cc2n1. The van der Waals surface area contributed by atoms with Gasteiger partial charge in [-0.25, -0.2) is 19.3 Å². The molecule has 0 aliphatic carbocycles. The molecule has 1 saturated heterocycles. The van der Waals surface area contributed by atoms with Crippen LogP contribution in [-0.2, 0) is 19.9 Å². The van der Waals surface area contributed by atoms with E-state index in [9.17, 15) is 0 Å². The van der Waals surface area contributed by atoms with E-state index >= 15 is 4.39 Å². The van der Waals surface area contributed by atoms with Gasteiger partial charge in [-0.2, -0.15) is 0 Å². The lowest BCUT2D eigenvalue weighted by molar-refractivity contribution is 0.312. The predicted molar refractivity (Wildman–Crippen MR) is 130 cm³/mol. The van der Waals surface area contributed by atoms with Crippen LogP contribution in [0.5, 0.6) is 0 Å². The maximum Gasteiger partial charge on any atom is 0.148 e. The molecule has 1 fully saturated rings. The van der Waals surface area contributed by atoms with E-state index in [4.69, 9.17) is 9.97 Å². The Hall–Kier alpha value is -3.32. The number of halogens is 1. The van der Waals surface area contributed by atoms with Crippen molar-refractivity contribution in [3.8, 4) is 11.3 Å². The number of piperazine rings is 1. The van der Waals surface area contributed by atoms with Gasteiger partial charge in [0.25, 0.3) is 0 Å². The standard InChI is InChI=1S/C26H29FN6/c1-18-28-22(9-10-26-30-24(17-32(26)3)19-7-5-4-6-8-19)20-15-25(21(27)16-23(20)29-18)33-13-11-31(2)12-14-33/h4-8,15-17H,9-14H2,1-3H3. The fourth-order valence-corrected chi connectivity index (χ4v) is 4.53. The Labute approximate surface area is 193 Å².